The van der Waals surface area contributed by atoms with Crippen LogP contribution in [0.3, 0.4) is 0 Å². The molecule has 0 radical (unpaired) electrons. The molecule has 1 unspecified atom stereocenters. The number of nitrogens with zero attached hydrogens (tertiary/aromatic N) is 2. The van der Waals surface area contributed by atoms with Crippen LogP contribution in [0.15, 0.2) is 18.2 Å². The van der Waals surface area contributed by atoms with Gasteiger partial charge >= 0.3 is 0 Å². The SMILES string of the molecule is COc1cccc(C(=O)NCCN(C2CCOCC2)C2CCN(S(C)(=O)=O)C2)c1C. The van der Waals surface area contributed by atoms with Crippen LogP contribution in [0.5, 0.6) is 5.75 Å². The van der Waals surface area contributed by atoms with E-state index in [1.54, 1.807) is 17.5 Å². The smallest absolute Gasteiger partial charge is 0.251 e. The van der Waals surface area contributed by atoms with Crippen molar-refractivity contribution in [1.29, 1.82) is 0 Å². The quantitative estimate of drug-likeness (QED) is 0.656. The van der Waals surface area contributed by atoms with E-state index in [0.717, 1.165) is 38.0 Å². The highest BCUT2D eigenvalue weighted by molar-refractivity contribution is 7.88. The molecule has 30 heavy (non-hydrogen) atoms. The number of ether oxygens (including phenoxy) is 2. The zero-order chi connectivity index (χ0) is 21.7. The first-order chi connectivity index (χ1) is 14.3. The summed E-state index contributed by atoms with van der Waals surface area (Å²) in [5, 5.41) is 3.03. The minimum absolute atomic E-state index is 0.123. The monoisotopic (exact) mass is 439 g/mol. The fourth-order valence-electron chi connectivity index (χ4n) is 4.44. The highest BCUT2D eigenvalue weighted by atomic mass is 32.2. The van der Waals surface area contributed by atoms with Crippen LogP contribution in [-0.4, -0.2) is 88.4 Å². The molecule has 2 aliphatic heterocycles. The van der Waals surface area contributed by atoms with E-state index in [4.69, 9.17) is 9.47 Å². The lowest BCUT2D eigenvalue weighted by Crippen LogP contribution is -2.50. The molecule has 1 N–H and O–H groups in total. The van der Waals surface area contributed by atoms with Crippen LogP contribution in [0.4, 0.5) is 0 Å². The van der Waals surface area contributed by atoms with Crippen molar-refractivity contribution in [3.8, 4) is 5.75 Å². The molecule has 1 atom stereocenters. The average molecular weight is 440 g/mol. The highest BCUT2D eigenvalue weighted by Gasteiger charge is 2.35. The summed E-state index contributed by atoms with van der Waals surface area (Å²) in [5.74, 6) is 0.570. The normalized spacial score (nSPS) is 21.1. The minimum Gasteiger partial charge on any atom is -0.496 e. The predicted molar refractivity (Wildman–Crippen MR) is 115 cm³/mol. The highest BCUT2D eigenvalue weighted by Crippen LogP contribution is 2.24. The Bertz CT molecular complexity index is 839. The van der Waals surface area contributed by atoms with E-state index < -0.39 is 10.0 Å². The third kappa shape index (κ3) is 5.51. The third-order valence-corrected chi connectivity index (χ3v) is 7.40. The van der Waals surface area contributed by atoms with Crippen molar-refractivity contribution in [3.05, 3.63) is 29.3 Å². The van der Waals surface area contributed by atoms with Gasteiger partial charge in [0.25, 0.3) is 5.91 Å². The van der Waals surface area contributed by atoms with Crippen LogP contribution in [0.1, 0.15) is 35.2 Å². The molecule has 0 saturated carbocycles. The van der Waals surface area contributed by atoms with Gasteiger partial charge in [0.1, 0.15) is 5.75 Å². The molecule has 2 saturated heterocycles. The van der Waals surface area contributed by atoms with Crippen LogP contribution in [0.25, 0.3) is 0 Å². The Morgan fingerprint density at radius 1 is 1.27 bits per heavy atom. The number of nitrogens with one attached hydrogen (secondary N) is 1. The third-order valence-electron chi connectivity index (χ3n) is 6.13. The molecule has 3 rings (SSSR count). The number of hydrogen-bond donors (Lipinski definition) is 1. The van der Waals surface area contributed by atoms with Gasteiger partial charge in [-0.1, -0.05) is 6.07 Å². The Labute approximate surface area is 179 Å². The Kier molecular flexibility index (Phi) is 7.73. The van der Waals surface area contributed by atoms with Gasteiger partial charge in [-0.15, -0.1) is 0 Å². The molecule has 0 spiro atoms. The Hall–Kier alpha value is -1.68. The number of benzene rings is 1. The maximum atomic E-state index is 12.7. The van der Waals surface area contributed by atoms with Gasteiger partial charge in [0.2, 0.25) is 10.0 Å². The van der Waals surface area contributed by atoms with E-state index in [0.29, 0.717) is 43.5 Å². The van der Waals surface area contributed by atoms with Crippen molar-refractivity contribution < 1.29 is 22.7 Å². The number of rotatable bonds is 8. The van der Waals surface area contributed by atoms with Crippen molar-refractivity contribution in [2.45, 2.75) is 38.3 Å². The molecule has 0 aliphatic carbocycles. The largest absolute Gasteiger partial charge is 0.496 e. The molecular formula is C21H33N3O5S. The second kappa shape index (κ2) is 10.1. The maximum Gasteiger partial charge on any atom is 0.251 e. The van der Waals surface area contributed by atoms with Crippen LogP contribution in [0, 0.1) is 6.92 Å². The molecule has 168 valence electrons. The topological polar surface area (TPSA) is 88.2 Å². The average Bonchev–Trinajstić information content (AvgIpc) is 3.22. The zero-order valence-corrected chi connectivity index (χ0v) is 18.9. The molecule has 1 amide bonds. The van der Waals surface area contributed by atoms with Crippen LogP contribution in [-0.2, 0) is 14.8 Å². The van der Waals surface area contributed by atoms with E-state index >= 15 is 0 Å². The Morgan fingerprint density at radius 3 is 2.63 bits per heavy atom. The summed E-state index contributed by atoms with van der Waals surface area (Å²) >= 11 is 0. The van der Waals surface area contributed by atoms with Gasteiger partial charge in [0, 0.05) is 62.6 Å². The summed E-state index contributed by atoms with van der Waals surface area (Å²) in [4.78, 5) is 15.1. The van der Waals surface area contributed by atoms with E-state index in [1.165, 1.54) is 6.26 Å². The maximum absolute atomic E-state index is 12.7. The lowest BCUT2D eigenvalue weighted by molar-refractivity contribution is 0.0194. The molecule has 9 heteroatoms. The second-order valence-corrected chi connectivity index (χ2v) is 10.0. The van der Waals surface area contributed by atoms with E-state index in [-0.39, 0.29) is 11.9 Å². The zero-order valence-electron chi connectivity index (χ0n) is 18.1. The summed E-state index contributed by atoms with van der Waals surface area (Å²) in [7, 11) is -1.59. The number of amides is 1. The van der Waals surface area contributed by atoms with Gasteiger partial charge in [-0.2, -0.15) is 0 Å². The molecule has 0 bridgehead atoms. The number of carbonyl (C=O) groups is 1. The van der Waals surface area contributed by atoms with Gasteiger partial charge in [-0.05, 0) is 38.3 Å². The number of methoxy groups -OCH3 is 1. The summed E-state index contributed by atoms with van der Waals surface area (Å²) in [6.45, 7) is 5.57. The predicted octanol–water partition coefficient (Wildman–Crippen LogP) is 1.25. The first kappa shape index (κ1) is 23.0. The number of carbonyl (C=O) groups excluding carboxylic acids is 1. The lowest BCUT2D eigenvalue weighted by atomic mass is 10.0. The molecule has 2 aliphatic rings. The first-order valence-corrected chi connectivity index (χ1v) is 12.4. The fourth-order valence-corrected chi connectivity index (χ4v) is 5.32. The van der Waals surface area contributed by atoms with Crippen LogP contribution >= 0.6 is 0 Å². The van der Waals surface area contributed by atoms with Gasteiger partial charge in [0.05, 0.1) is 13.4 Å². The standard InChI is InChI=1S/C21H33N3O5S/c1-16-19(5-4-6-20(16)28-2)21(25)22-10-12-24(17-8-13-29-14-9-17)18-7-11-23(15-18)30(3,26)27/h4-6,17-18H,7-15H2,1-3H3,(H,22,25). The molecule has 2 heterocycles. The molecule has 8 nitrogen and oxygen atoms in total. The Morgan fingerprint density at radius 2 is 2.00 bits per heavy atom. The molecule has 0 aromatic heterocycles. The van der Waals surface area contributed by atoms with Gasteiger partial charge in [-0.25, -0.2) is 12.7 Å². The summed E-state index contributed by atoms with van der Waals surface area (Å²) < 4.78 is 36.3. The van der Waals surface area contributed by atoms with Crippen molar-refractivity contribution in [2.75, 3.05) is 52.8 Å². The molecular weight excluding hydrogens is 406 g/mol. The first-order valence-electron chi connectivity index (χ1n) is 10.5. The minimum atomic E-state index is -3.18. The van der Waals surface area contributed by atoms with E-state index in [2.05, 4.69) is 10.2 Å². The van der Waals surface area contributed by atoms with Crippen molar-refractivity contribution >= 4 is 15.9 Å². The summed E-state index contributed by atoms with van der Waals surface area (Å²) in [5.41, 5.74) is 1.43. The van der Waals surface area contributed by atoms with Crippen LogP contribution in [0.2, 0.25) is 0 Å². The lowest BCUT2D eigenvalue weighted by Gasteiger charge is -2.38. The fraction of sp³-hybridized carbons (Fsp3) is 0.667. The molecule has 2 fully saturated rings. The van der Waals surface area contributed by atoms with Crippen molar-refractivity contribution in [3.63, 3.8) is 0 Å². The van der Waals surface area contributed by atoms with Gasteiger partial charge in [0.15, 0.2) is 0 Å². The van der Waals surface area contributed by atoms with Crippen molar-refractivity contribution in [1.82, 2.24) is 14.5 Å². The molecule has 1 aromatic carbocycles. The van der Waals surface area contributed by atoms with E-state index in [9.17, 15) is 13.2 Å². The summed E-state index contributed by atoms with van der Waals surface area (Å²) in [6.07, 6.45) is 3.94. The number of sulfonamides is 1. The Balaban J connectivity index is 1.63. The van der Waals surface area contributed by atoms with Gasteiger partial charge in [-0.3, -0.25) is 9.69 Å². The van der Waals surface area contributed by atoms with Gasteiger partial charge < -0.3 is 14.8 Å². The number of hydrogen-bond acceptors (Lipinski definition) is 6. The second-order valence-electron chi connectivity index (χ2n) is 8.03. The molecule has 1 aromatic rings. The van der Waals surface area contributed by atoms with E-state index in [1.807, 2.05) is 19.1 Å². The summed E-state index contributed by atoms with van der Waals surface area (Å²) in [6, 6.07) is 5.96. The van der Waals surface area contributed by atoms with Crippen LogP contribution < -0.4 is 10.1 Å². The van der Waals surface area contributed by atoms with Crippen molar-refractivity contribution in [2.24, 2.45) is 0 Å².